The molecule has 0 aliphatic carbocycles. The Morgan fingerprint density at radius 1 is 1.19 bits per heavy atom. The Kier molecular flexibility index (Phi) is 7.54. The lowest BCUT2D eigenvalue weighted by atomic mass is 10.1. The molecule has 0 aromatic rings. The van der Waals surface area contributed by atoms with Gasteiger partial charge in [-0.3, -0.25) is 9.59 Å². The number of hydrogen-bond acceptors (Lipinski definition) is 3. The van der Waals surface area contributed by atoms with Gasteiger partial charge < -0.3 is 16.4 Å². The van der Waals surface area contributed by atoms with E-state index in [0.29, 0.717) is 6.42 Å². The van der Waals surface area contributed by atoms with E-state index in [9.17, 15) is 9.59 Å². The Morgan fingerprint density at radius 3 is 2.06 bits per heavy atom. The van der Waals surface area contributed by atoms with Crippen molar-refractivity contribution in [2.45, 2.75) is 45.6 Å². The molecule has 0 rings (SSSR count). The highest BCUT2D eigenvalue weighted by Crippen LogP contribution is 2.02. The van der Waals surface area contributed by atoms with Crippen LogP contribution < -0.4 is 11.5 Å². The summed E-state index contributed by atoms with van der Waals surface area (Å²) in [5, 5.41) is 0. The Balaban J connectivity index is 4.18. The van der Waals surface area contributed by atoms with Crippen LogP contribution in [0.3, 0.4) is 0 Å². The van der Waals surface area contributed by atoms with E-state index in [-0.39, 0.29) is 12.3 Å². The highest BCUT2D eigenvalue weighted by atomic mass is 16.2. The number of amides is 2. The van der Waals surface area contributed by atoms with Crippen LogP contribution in [0.15, 0.2) is 0 Å². The molecule has 94 valence electrons. The quantitative estimate of drug-likeness (QED) is 0.624. The average molecular weight is 229 g/mol. The molecule has 2 amide bonds. The molecule has 0 aliphatic rings. The molecule has 0 radical (unpaired) electrons. The molecule has 0 unspecified atom stereocenters. The van der Waals surface area contributed by atoms with Gasteiger partial charge in [0, 0.05) is 19.5 Å². The molecule has 0 bridgehead atoms. The maximum atomic E-state index is 11.9. The van der Waals surface area contributed by atoms with E-state index >= 15 is 0 Å². The zero-order valence-corrected chi connectivity index (χ0v) is 10.2. The van der Waals surface area contributed by atoms with Crippen molar-refractivity contribution in [3.63, 3.8) is 0 Å². The predicted octanol–water partition coefficient (Wildman–Crippen LogP) is 0.228. The topological polar surface area (TPSA) is 89.4 Å². The minimum absolute atomic E-state index is 0.0787. The monoisotopic (exact) mass is 229 g/mol. The average Bonchev–Trinajstić information content (AvgIpc) is 2.24. The number of rotatable bonds is 8. The van der Waals surface area contributed by atoms with Gasteiger partial charge in [0.15, 0.2) is 0 Å². The summed E-state index contributed by atoms with van der Waals surface area (Å²) in [6, 6.07) is -0.606. The predicted molar refractivity (Wildman–Crippen MR) is 63.6 cm³/mol. The Bertz CT molecular complexity index is 225. The van der Waals surface area contributed by atoms with Gasteiger partial charge in [-0.1, -0.05) is 13.8 Å². The molecular formula is C11H23N3O2. The molecule has 5 heteroatoms. The third-order valence-electron chi connectivity index (χ3n) is 2.32. The van der Waals surface area contributed by atoms with Gasteiger partial charge in [-0.15, -0.1) is 0 Å². The van der Waals surface area contributed by atoms with Crippen LogP contribution in [0.1, 0.15) is 39.5 Å². The van der Waals surface area contributed by atoms with Gasteiger partial charge in [-0.25, -0.2) is 0 Å². The van der Waals surface area contributed by atoms with Gasteiger partial charge in [-0.05, 0) is 19.3 Å². The maximum Gasteiger partial charge on any atom is 0.239 e. The van der Waals surface area contributed by atoms with Crippen LogP contribution >= 0.6 is 0 Å². The first-order valence-corrected chi connectivity index (χ1v) is 5.85. The lowest BCUT2D eigenvalue weighted by Gasteiger charge is -2.24. The summed E-state index contributed by atoms with van der Waals surface area (Å²) in [6.07, 6.45) is 2.32. The van der Waals surface area contributed by atoms with E-state index in [1.165, 1.54) is 0 Å². The molecule has 0 aromatic carbocycles. The van der Waals surface area contributed by atoms with Crippen molar-refractivity contribution in [2.75, 3.05) is 13.1 Å². The van der Waals surface area contributed by atoms with Crippen molar-refractivity contribution in [3.8, 4) is 0 Å². The maximum absolute atomic E-state index is 11.9. The number of nitrogens with zero attached hydrogens (tertiary/aromatic N) is 1. The molecule has 16 heavy (non-hydrogen) atoms. The summed E-state index contributed by atoms with van der Waals surface area (Å²) in [7, 11) is 0. The van der Waals surface area contributed by atoms with Crippen molar-refractivity contribution in [1.29, 1.82) is 0 Å². The molecule has 5 nitrogen and oxygen atoms in total. The molecule has 0 heterocycles. The standard InChI is InChI=1S/C11H23N3O2/c1-3-7-14(8-4-2)11(16)9(12)5-6-10(13)15/h9H,3-8,12H2,1-2H3,(H2,13,15)/t9-/m0/s1. The smallest absolute Gasteiger partial charge is 0.239 e. The van der Waals surface area contributed by atoms with Crippen molar-refractivity contribution < 1.29 is 9.59 Å². The molecule has 0 aliphatic heterocycles. The van der Waals surface area contributed by atoms with Crippen LogP contribution in [0.5, 0.6) is 0 Å². The first-order valence-electron chi connectivity index (χ1n) is 5.85. The molecule has 0 saturated carbocycles. The first-order chi connectivity index (χ1) is 7.52. The highest BCUT2D eigenvalue weighted by molar-refractivity contribution is 5.82. The number of carbonyl (C=O) groups is 2. The van der Waals surface area contributed by atoms with Gasteiger partial charge in [0.2, 0.25) is 11.8 Å². The Hall–Kier alpha value is -1.10. The van der Waals surface area contributed by atoms with Crippen LogP contribution in [0, 0.1) is 0 Å². The van der Waals surface area contributed by atoms with Crippen LogP contribution in [0.4, 0.5) is 0 Å². The van der Waals surface area contributed by atoms with E-state index < -0.39 is 11.9 Å². The second kappa shape index (κ2) is 8.10. The van der Waals surface area contributed by atoms with Gasteiger partial charge in [-0.2, -0.15) is 0 Å². The second-order valence-corrected chi connectivity index (χ2v) is 3.94. The summed E-state index contributed by atoms with van der Waals surface area (Å²) < 4.78 is 0. The van der Waals surface area contributed by atoms with Gasteiger partial charge >= 0.3 is 0 Å². The molecule has 0 aromatic heterocycles. The van der Waals surface area contributed by atoms with Crippen molar-refractivity contribution in [1.82, 2.24) is 4.90 Å². The minimum atomic E-state index is -0.606. The van der Waals surface area contributed by atoms with E-state index in [4.69, 9.17) is 11.5 Å². The summed E-state index contributed by atoms with van der Waals surface area (Å²) in [6.45, 7) is 5.48. The summed E-state index contributed by atoms with van der Waals surface area (Å²) in [4.78, 5) is 24.2. The van der Waals surface area contributed by atoms with Gasteiger partial charge in [0.25, 0.3) is 0 Å². The largest absolute Gasteiger partial charge is 0.370 e. The summed E-state index contributed by atoms with van der Waals surface area (Å²) in [5.74, 6) is -0.495. The molecule has 4 N–H and O–H groups in total. The minimum Gasteiger partial charge on any atom is -0.370 e. The van der Waals surface area contributed by atoms with E-state index in [1.807, 2.05) is 13.8 Å². The first kappa shape index (κ1) is 14.9. The highest BCUT2D eigenvalue weighted by Gasteiger charge is 2.19. The molecule has 1 atom stereocenters. The van der Waals surface area contributed by atoms with Crippen molar-refractivity contribution >= 4 is 11.8 Å². The molecule has 0 fully saturated rings. The van der Waals surface area contributed by atoms with Crippen LogP contribution in [-0.2, 0) is 9.59 Å². The molecule has 0 spiro atoms. The van der Waals surface area contributed by atoms with E-state index in [1.54, 1.807) is 4.90 Å². The van der Waals surface area contributed by atoms with Gasteiger partial charge in [0.1, 0.15) is 0 Å². The third-order valence-corrected chi connectivity index (χ3v) is 2.32. The van der Waals surface area contributed by atoms with Crippen LogP contribution in [-0.4, -0.2) is 35.8 Å². The summed E-state index contributed by atoms with van der Waals surface area (Å²) >= 11 is 0. The fourth-order valence-corrected chi connectivity index (χ4v) is 1.53. The van der Waals surface area contributed by atoms with E-state index in [2.05, 4.69) is 0 Å². The zero-order chi connectivity index (χ0) is 12.6. The van der Waals surface area contributed by atoms with Crippen LogP contribution in [0.2, 0.25) is 0 Å². The fourth-order valence-electron chi connectivity index (χ4n) is 1.53. The summed E-state index contributed by atoms with van der Waals surface area (Å²) in [5.41, 5.74) is 10.7. The lowest BCUT2D eigenvalue weighted by Crippen LogP contribution is -2.44. The normalized spacial score (nSPS) is 12.2. The Labute approximate surface area is 97.2 Å². The SMILES string of the molecule is CCCN(CCC)C(=O)[C@@H](N)CCC(N)=O. The Morgan fingerprint density at radius 2 is 1.69 bits per heavy atom. The fraction of sp³-hybridized carbons (Fsp3) is 0.818. The van der Waals surface area contributed by atoms with Gasteiger partial charge in [0.05, 0.1) is 6.04 Å². The molecular weight excluding hydrogens is 206 g/mol. The zero-order valence-electron chi connectivity index (χ0n) is 10.2. The number of nitrogens with two attached hydrogens (primary N) is 2. The number of primary amides is 1. The van der Waals surface area contributed by atoms with E-state index in [0.717, 1.165) is 25.9 Å². The second-order valence-electron chi connectivity index (χ2n) is 3.94. The number of hydrogen-bond donors (Lipinski definition) is 2. The number of carbonyl (C=O) groups excluding carboxylic acids is 2. The van der Waals surface area contributed by atoms with Crippen molar-refractivity contribution in [2.24, 2.45) is 11.5 Å². The van der Waals surface area contributed by atoms with Crippen LogP contribution in [0.25, 0.3) is 0 Å². The lowest BCUT2D eigenvalue weighted by molar-refractivity contribution is -0.133. The van der Waals surface area contributed by atoms with Crippen molar-refractivity contribution in [3.05, 3.63) is 0 Å². The third kappa shape index (κ3) is 5.70. The molecule has 0 saturated heterocycles.